The van der Waals surface area contributed by atoms with Gasteiger partial charge in [-0.3, -0.25) is 9.78 Å². The second kappa shape index (κ2) is 10.5. The number of fused-ring (bicyclic) bond motifs is 2. The van der Waals surface area contributed by atoms with E-state index >= 15 is 0 Å². The Morgan fingerprint density at radius 2 is 2.00 bits per heavy atom. The molecule has 6 rings (SSSR count). The molecule has 2 aromatic carbocycles. The van der Waals surface area contributed by atoms with E-state index in [1.54, 1.807) is 18.0 Å². The normalized spacial score (nSPS) is 16.3. The van der Waals surface area contributed by atoms with Crippen LogP contribution in [-0.4, -0.2) is 50.8 Å². The molecule has 0 bridgehead atoms. The number of benzene rings is 2. The zero-order valence-electron chi connectivity index (χ0n) is 24.3. The molecule has 9 nitrogen and oxygen atoms in total. The fourth-order valence-corrected chi connectivity index (χ4v) is 5.79. The summed E-state index contributed by atoms with van der Waals surface area (Å²) >= 11 is 6.75. The topological polar surface area (TPSA) is 112 Å². The van der Waals surface area contributed by atoms with Gasteiger partial charge in [0.25, 0.3) is 12.3 Å². The zero-order valence-corrected chi connectivity index (χ0v) is 25.0. The number of halogens is 3. The van der Waals surface area contributed by atoms with Gasteiger partial charge in [-0.15, -0.1) is 5.10 Å². The first-order valence-corrected chi connectivity index (χ1v) is 14.4. The van der Waals surface area contributed by atoms with Crippen molar-refractivity contribution in [1.82, 2.24) is 24.9 Å². The number of rotatable bonds is 8. The summed E-state index contributed by atoms with van der Waals surface area (Å²) in [7, 11) is 1.74. The molecule has 0 radical (unpaired) electrons. The van der Waals surface area contributed by atoms with Crippen molar-refractivity contribution in [2.45, 2.75) is 58.2 Å². The second-order valence-electron chi connectivity index (χ2n) is 12.5. The molecule has 4 aromatic rings. The van der Waals surface area contributed by atoms with Crippen LogP contribution in [0, 0.1) is 16.7 Å². The number of nitriles is 1. The van der Waals surface area contributed by atoms with Crippen LogP contribution < -0.4 is 10.6 Å². The van der Waals surface area contributed by atoms with Gasteiger partial charge in [0.1, 0.15) is 17.3 Å². The molecular weight excluding hydrogens is 574 g/mol. The maximum atomic E-state index is 13.9. The van der Waals surface area contributed by atoms with E-state index in [-0.39, 0.29) is 11.3 Å². The first kappa shape index (κ1) is 28.8. The van der Waals surface area contributed by atoms with Crippen LogP contribution in [0.3, 0.4) is 0 Å². The Hall–Kier alpha value is -4.30. The molecule has 2 aromatic heterocycles. The fourth-order valence-electron chi connectivity index (χ4n) is 5.52. The molecule has 1 aliphatic heterocycles. The molecule has 43 heavy (non-hydrogen) atoms. The highest BCUT2D eigenvalue weighted by Gasteiger charge is 2.54. The Balaban J connectivity index is 1.48. The molecule has 222 valence electrons. The molecule has 2 aliphatic rings. The number of anilines is 2. The third-order valence-corrected chi connectivity index (χ3v) is 8.33. The molecule has 3 heterocycles. The summed E-state index contributed by atoms with van der Waals surface area (Å²) in [6.45, 7) is 7.32. The number of alkyl halides is 2. The van der Waals surface area contributed by atoms with Crippen LogP contribution >= 0.6 is 11.6 Å². The first-order valence-electron chi connectivity index (χ1n) is 14.0. The minimum absolute atomic E-state index is 0.0660. The van der Waals surface area contributed by atoms with E-state index in [1.807, 2.05) is 24.3 Å². The SMILES string of the molecule is CN1Cc2cccc(C(Nc3cc(Cl)c4ncc(C#N)c(NCC(C)(C)C)c4c3)c3cn(C4(C(F)F)CC4)nn3)c2C1=O. The number of nitrogens with one attached hydrogen (secondary N) is 2. The van der Waals surface area contributed by atoms with Gasteiger partial charge >= 0.3 is 0 Å². The minimum Gasteiger partial charge on any atom is -0.383 e. The number of hydrogen-bond acceptors (Lipinski definition) is 7. The average molecular weight is 605 g/mol. The third-order valence-electron chi connectivity index (χ3n) is 8.05. The van der Waals surface area contributed by atoms with Gasteiger partial charge in [-0.25, -0.2) is 13.5 Å². The van der Waals surface area contributed by atoms with Crippen molar-refractivity contribution >= 4 is 39.8 Å². The van der Waals surface area contributed by atoms with Gasteiger partial charge in [-0.2, -0.15) is 5.26 Å². The average Bonchev–Trinajstić information content (AvgIpc) is 3.54. The number of hydrogen-bond donors (Lipinski definition) is 2. The van der Waals surface area contributed by atoms with E-state index in [9.17, 15) is 18.8 Å². The lowest BCUT2D eigenvalue weighted by Gasteiger charge is -2.23. The molecular formula is C31H31ClF2N8O. The van der Waals surface area contributed by atoms with Gasteiger partial charge in [0.2, 0.25) is 0 Å². The maximum Gasteiger partial charge on any atom is 0.263 e. The smallest absolute Gasteiger partial charge is 0.263 e. The van der Waals surface area contributed by atoms with Crippen LogP contribution in [0.15, 0.2) is 42.7 Å². The van der Waals surface area contributed by atoms with Crippen molar-refractivity contribution in [3.05, 3.63) is 75.7 Å². The van der Waals surface area contributed by atoms with E-state index in [2.05, 4.69) is 52.8 Å². The lowest BCUT2D eigenvalue weighted by Crippen LogP contribution is -2.26. The van der Waals surface area contributed by atoms with Crippen molar-refractivity contribution < 1.29 is 13.6 Å². The van der Waals surface area contributed by atoms with E-state index in [4.69, 9.17) is 11.6 Å². The van der Waals surface area contributed by atoms with Crippen LogP contribution in [0.1, 0.15) is 72.4 Å². The van der Waals surface area contributed by atoms with Gasteiger partial charge in [0.05, 0.1) is 39.6 Å². The molecule has 1 saturated carbocycles. The summed E-state index contributed by atoms with van der Waals surface area (Å²) < 4.78 is 29.1. The summed E-state index contributed by atoms with van der Waals surface area (Å²) in [5.74, 6) is -0.135. The van der Waals surface area contributed by atoms with Gasteiger partial charge in [-0.05, 0) is 41.5 Å². The molecule has 1 amide bonds. The number of pyridine rings is 1. The van der Waals surface area contributed by atoms with E-state index in [0.717, 1.165) is 5.56 Å². The highest BCUT2D eigenvalue weighted by Crippen LogP contribution is 2.48. The Morgan fingerprint density at radius 3 is 2.67 bits per heavy atom. The number of carbonyl (C=O) groups excluding carboxylic acids is 1. The predicted molar refractivity (Wildman–Crippen MR) is 160 cm³/mol. The standard InChI is InChI=1S/C31H31ClF2N8O/c1-30(2,3)16-37-25-18(12-35)13-36-26-21(25)10-19(11-22(26)32)38-27(20-7-5-6-17-14-41(4)28(43)24(17)20)23-15-42(40-39-23)31(8-9-31)29(33)34/h5-7,10-11,13,15,27,29,38H,8-9,14,16H2,1-4H3,(H,36,37). The number of aromatic nitrogens is 4. The lowest BCUT2D eigenvalue weighted by molar-refractivity contribution is 0.0593. The van der Waals surface area contributed by atoms with Crippen molar-refractivity contribution in [3.8, 4) is 6.07 Å². The lowest BCUT2D eigenvalue weighted by atomic mass is 9.94. The van der Waals surface area contributed by atoms with Crippen LogP contribution in [0.4, 0.5) is 20.2 Å². The Bertz CT molecular complexity index is 1790. The monoisotopic (exact) mass is 604 g/mol. The summed E-state index contributed by atoms with van der Waals surface area (Å²) in [4.78, 5) is 19.3. The quantitative estimate of drug-likeness (QED) is 0.241. The molecule has 12 heteroatoms. The molecule has 1 fully saturated rings. The number of nitrogens with zero attached hydrogens (tertiary/aromatic N) is 6. The second-order valence-corrected chi connectivity index (χ2v) is 12.9. The van der Waals surface area contributed by atoms with Crippen molar-refractivity contribution in [1.29, 1.82) is 5.26 Å². The predicted octanol–water partition coefficient (Wildman–Crippen LogP) is 6.35. The van der Waals surface area contributed by atoms with Gasteiger partial charge < -0.3 is 15.5 Å². The van der Waals surface area contributed by atoms with Gasteiger partial charge in [0, 0.05) is 37.4 Å². The minimum atomic E-state index is -2.58. The summed E-state index contributed by atoms with van der Waals surface area (Å²) in [6, 6.07) is 10.7. The van der Waals surface area contributed by atoms with Crippen LogP contribution in [0.25, 0.3) is 10.9 Å². The molecule has 0 spiro atoms. The fraction of sp³-hybridized carbons (Fsp3) is 0.387. The first-order chi connectivity index (χ1) is 20.4. The van der Waals surface area contributed by atoms with Gasteiger partial charge in [0.15, 0.2) is 0 Å². The summed E-state index contributed by atoms with van der Waals surface area (Å²) in [5, 5.41) is 26.2. The molecule has 1 aliphatic carbocycles. The summed E-state index contributed by atoms with van der Waals surface area (Å²) in [6.07, 6.45) is 1.08. The maximum absolute atomic E-state index is 13.9. The molecule has 0 saturated heterocycles. The number of amides is 1. The van der Waals surface area contributed by atoms with Crippen molar-refractivity contribution in [2.75, 3.05) is 24.2 Å². The van der Waals surface area contributed by atoms with Crippen molar-refractivity contribution in [2.24, 2.45) is 5.41 Å². The largest absolute Gasteiger partial charge is 0.383 e. The Kier molecular flexibility index (Phi) is 7.00. The highest BCUT2D eigenvalue weighted by atomic mass is 35.5. The van der Waals surface area contributed by atoms with Crippen LogP contribution in [0.2, 0.25) is 5.02 Å². The summed E-state index contributed by atoms with van der Waals surface area (Å²) in [5.41, 5.74) is 3.09. The molecule has 1 atom stereocenters. The van der Waals surface area contributed by atoms with Crippen LogP contribution in [-0.2, 0) is 12.1 Å². The third kappa shape index (κ3) is 5.14. The number of carbonyl (C=O) groups is 1. The van der Waals surface area contributed by atoms with E-state index in [0.29, 0.717) is 75.6 Å². The Morgan fingerprint density at radius 1 is 1.23 bits per heavy atom. The van der Waals surface area contributed by atoms with E-state index < -0.39 is 18.0 Å². The molecule has 2 N–H and O–H groups in total. The van der Waals surface area contributed by atoms with Crippen molar-refractivity contribution in [3.63, 3.8) is 0 Å². The van der Waals surface area contributed by atoms with E-state index in [1.165, 1.54) is 17.1 Å². The Labute approximate surface area is 252 Å². The highest BCUT2D eigenvalue weighted by molar-refractivity contribution is 6.35. The zero-order chi connectivity index (χ0) is 30.7. The molecule has 1 unspecified atom stereocenters. The van der Waals surface area contributed by atoms with Gasteiger partial charge in [-0.1, -0.05) is 55.8 Å². The van der Waals surface area contributed by atoms with Crippen LogP contribution in [0.5, 0.6) is 0 Å².